The van der Waals surface area contributed by atoms with Crippen LogP contribution < -0.4 is 16.0 Å². The second kappa shape index (κ2) is 7.14. The number of benzene rings is 1. The molecule has 4 heteroatoms. The van der Waals surface area contributed by atoms with E-state index >= 15 is 0 Å². The Morgan fingerprint density at radius 3 is 2.79 bits per heavy atom. The van der Waals surface area contributed by atoms with Crippen molar-refractivity contribution in [2.24, 2.45) is 5.73 Å². The fourth-order valence-electron chi connectivity index (χ4n) is 2.41. The molecule has 1 fully saturated rings. The third-order valence-electron chi connectivity index (χ3n) is 3.46. The van der Waals surface area contributed by atoms with Gasteiger partial charge in [-0.25, -0.2) is 0 Å². The van der Waals surface area contributed by atoms with Crippen molar-refractivity contribution in [3.63, 3.8) is 0 Å². The first kappa shape index (κ1) is 13.9. The Balaban J connectivity index is 1.89. The maximum atomic E-state index is 11.8. The van der Waals surface area contributed by atoms with Crippen LogP contribution in [0.15, 0.2) is 24.3 Å². The summed E-state index contributed by atoms with van der Waals surface area (Å²) in [4.78, 5) is 14.1. The summed E-state index contributed by atoms with van der Waals surface area (Å²) >= 11 is 0. The Hall–Kier alpha value is -1.55. The van der Waals surface area contributed by atoms with E-state index in [-0.39, 0.29) is 5.91 Å². The second-order valence-electron chi connectivity index (χ2n) is 5.04. The number of carbonyl (C=O) groups excluding carboxylic acids is 1. The minimum Gasteiger partial charge on any atom is -0.371 e. The van der Waals surface area contributed by atoms with Gasteiger partial charge in [0.15, 0.2) is 0 Å². The van der Waals surface area contributed by atoms with E-state index in [1.165, 1.54) is 18.5 Å². The van der Waals surface area contributed by atoms with Crippen LogP contribution in [0.3, 0.4) is 0 Å². The van der Waals surface area contributed by atoms with E-state index in [9.17, 15) is 4.79 Å². The van der Waals surface area contributed by atoms with Crippen molar-refractivity contribution in [3.8, 4) is 0 Å². The Labute approximate surface area is 115 Å². The predicted molar refractivity (Wildman–Crippen MR) is 79.4 cm³/mol. The van der Waals surface area contributed by atoms with E-state index < -0.39 is 0 Å². The summed E-state index contributed by atoms with van der Waals surface area (Å²) < 4.78 is 0. The van der Waals surface area contributed by atoms with Crippen LogP contribution in [-0.2, 0) is 4.79 Å². The fourth-order valence-corrected chi connectivity index (χ4v) is 2.41. The molecule has 104 valence electrons. The van der Waals surface area contributed by atoms with Gasteiger partial charge in [0.1, 0.15) is 0 Å². The number of nitrogens with zero attached hydrogens (tertiary/aromatic N) is 1. The van der Waals surface area contributed by atoms with E-state index in [1.54, 1.807) is 0 Å². The molecule has 1 amide bonds. The number of amides is 1. The van der Waals surface area contributed by atoms with Crippen molar-refractivity contribution in [1.82, 2.24) is 0 Å². The normalized spacial score (nSPS) is 14.7. The van der Waals surface area contributed by atoms with Gasteiger partial charge in [0, 0.05) is 30.9 Å². The van der Waals surface area contributed by atoms with Gasteiger partial charge >= 0.3 is 0 Å². The molecule has 0 radical (unpaired) electrons. The summed E-state index contributed by atoms with van der Waals surface area (Å²) in [6.07, 6.45) is 4.83. The molecule has 2 rings (SSSR count). The lowest BCUT2D eigenvalue weighted by Crippen LogP contribution is -2.18. The molecule has 1 aliphatic heterocycles. The first-order valence-corrected chi connectivity index (χ1v) is 7.14. The largest absolute Gasteiger partial charge is 0.371 e. The Morgan fingerprint density at radius 1 is 1.26 bits per heavy atom. The topological polar surface area (TPSA) is 58.4 Å². The molecule has 0 spiro atoms. The highest BCUT2D eigenvalue weighted by molar-refractivity contribution is 5.91. The standard InChI is InChI=1S/C15H23N3O/c16-9-2-1-8-15(19)17-13-6-5-7-14(12-13)18-10-3-4-11-18/h5-7,12H,1-4,8-11,16H2,(H,17,19). The van der Waals surface area contributed by atoms with Crippen LogP contribution in [0.25, 0.3) is 0 Å². The number of rotatable bonds is 6. The van der Waals surface area contributed by atoms with Crippen molar-refractivity contribution < 1.29 is 4.79 Å². The van der Waals surface area contributed by atoms with E-state index in [1.807, 2.05) is 12.1 Å². The molecule has 1 aromatic rings. The molecular weight excluding hydrogens is 238 g/mol. The number of hydrogen-bond donors (Lipinski definition) is 2. The number of hydrogen-bond acceptors (Lipinski definition) is 3. The van der Waals surface area contributed by atoms with Crippen LogP contribution in [0.1, 0.15) is 32.1 Å². The highest BCUT2D eigenvalue weighted by Gasteiger charge is 2.12. The van der Waals surface area contributed by atoms with Crippen molar-refractivity contribution in [2.45, 2.75) is 32.1 Å². The molecule has 1 heterocycles. The first-order chi connectivity index (χ1) is 9.29. The number of unbranched alkanes of at least 4 members (excludes halogenated alkanes) is 1. The van der Waals surface area contributed by atoms with Crippen LogP contribution in [0.2, 0.25) is 0 Å². The molecule has 0 saturated carbocycles. The highest BCUT2D eigenvalue weighted by Crippen LogP contribution is 2.23. The third kappa shape index (κ3) is 4.24. The van der Waals surface area contributed by atoms with Crippen LogP contribution in [0, 0.1) is 0 Å². The van der Waals surface area contributed by atoms with E-state index in [4.69, 9.17) is 5.73 Å². The smallest absolute Gasteiger partial charge is 0.224 e. The number of anilines is 2. The Bertz CT molecular complexity index is 414. The zero-order valence-corrected chi connectivity index (χ0v) is 11.4. The molecule has 0 aliphatic carbocycles. The monoisotopic (exact) mass is 261 g/mol. The van der Waals surface area contributed by atoms with Crippen molar-refractivity contribution in [3.05, 3.63) is 24.3 Å². The molecule has 19 heavy (non-hydrogen) atoms. The molecule has 4 nitrogen and oxygen atoms in total. The van der Waals surface area contributed by atoms with Gasteiger partial charge in [0.05, 0.1) is 0 Å². The highest BCUT2D eigenvalue weighted by atomic mass is 16.1. The van der Waals surface area contributed by atoms with Gasteiger partial charge < -0.3 is 16.0 Å². The van der Waals surface area contributed by atoms with Crippen LogP contribution in [0.5, 0.6) is 0 Å². The molecule has 0 aromatic heterocycles. The van der Waals surface area contributed by atoms with Crippen LogP contribution >= 0.6 is 0 Å². The van der Waals surface area contributed by atoms with Crippen LogP contribution in [-0.4, -0.2) is 25.5 Å². The third-order valence-corrected chi connectivity index (χ3v) is 3.46. The van der Waals surface area contributed by atoms with Gasteiger partial charge in [-0.3, -0.25) is 4.79 Å². The van der Waals surface area contributed by atoms with Gasteiger partial charge in [-0.05, 0) is 50.4 Å². The lowest BCUT2D eigenvalue weighted by Gasteiger charge is -2.18. The lowest BCUT2D eigenvalue weighted by molar-refractivity contribution is -0.116. The summed E-state index contributed by atoms with van der Waals surface area (Å²) in [6, 6.07) is 8.12. The fraction of sp³-hybridized carbons (Fsp3) is 0.533. The molecule has 0 atom stereocenters. The van der Waals surface area contributed by atoms with Gasteiger partial charge in [-0.1, -0.05) is 6.07 Å². The van der Waals surface area contributed by atoms with Crippen molar-refractivity contribution in [1.29, 1.82) is 0 Å². The van der Waals surface area contributed by atoms with Crippen molar-refractivity contribution >= 4 is 17.3 Å². The number of nitrogens with one attached hydrogen (secondary N) is 1. The predicted octanol–water partition coefficient (Wildman–Crippen LogP) is 2.35. The summed E-state index contributed by atoms with van der Waals surface area (Å²) in [5, 5.41) is 2.96. The molecular formula is C15H23N3O. The molecule has 1 aliphatic rings. The zero-order chi connectivity index (χ0) is 13.5. The van der Waals surface area contributed by atoms with Gasteiger partial charge in [-0.15, -0.1) is 0 Å². The van der Waals surface area contributed by atoms with Gasteiger partial charge in [-0.2, -0.15) is 0 Å². The van der Waals surface area contributed by atoms with E-state index in [0.29, 0.717) is 13.0 Å². The average Bonchev–Trinajstić information content (AvgIpc) is 2.93. The maximum absolute atomic E-state index is 11.8. The summed E-state index contributed by atoms with van der Waals surface area (Å²) in [6.45, 7) is 2.89. The minimum atomic E-state index is 0.0759. The Kier molecular flexibility index (Phi) is 5.21. The lowest BCUT2D eigenvalue weighted by atomic mass is 10.2. The minimum absolute atomic E-state index is 0.0759. The van der Waals surface area contributed by atoms with Crippen molar-refractivity contribution in [2.75, 3.05) is 29.9 Å². The van der Waals surface area contributed by atoms with Crippen LogP contribution in [0.4, 0.5) is 11.4 Å². The van der Waals surface area contributed by atoms with Gasteiger partial charge in [0.2, 0.25) is 5.91 Å². The zero-order valence-electron chi connectivity index (χ0n) is 11.4. The average molecular weight is 261 g/mol. The SMILES string of the molecule is NCCCCC(=O)Nc1cccc(N2CCCC2)c1. The molecule has 3 N–H and O–H groups in total. The summed E-state index contributed by atoms with van der Waals surface area (Å²) in [5.41, 5.74) is 7.52. The number of carbonyl (C=O) groups is 1. The summed E-state index contributed by atoms with van der Waals surface area (Å²) in [5.74, 6) is 0.0759. The Morgan fingerprint density at radius 2 is 2.05 bits per heavy atom. The summed E-state index contributed by atoms with van der Waals surface area (Å²) in [7, 11) is 0. The molecule has 0 unspecified atom stereocenters. The molecule has 0 bridgehead atoms. The molecule has 1 aromatic carbocycles. The van der Waals surface area contributed by atoms with E-state index in [2.05, 4.69) is 22.3 Å². The second-order valence-corrected chi connectivity index (χ2v) is 5.04. The van der Waals surface area contributed by atoms with Gasteiger partial charge in [0.25, 0.3) is 0 Å². The first-order valence-electron chi connectivity index (χ1n) is 7.14. The van der Waals surface area contributed by atoms with E-state index in [0.717, 1.165) is 31.6 Å². The molecule has 1 saturated heterocycles. The number of nitrogens with two attached hydrogens (primary N) is 1. The quantitative estimate of drug-likeness (QED) is 0.773. The maximum Gasteiger partial charge on any atom is 0.224 e.